The SMILES string of the molecule is Cc1ccc(CNC(C)c2nnc3ccccn23)cc1. The maximum Gasteiger partial charge on any atom is 0.160 e. The Morgan fingerprint density at radius 3 is 2.70 bits per heavy atom. The van der Waals surface area contributed by atoms with Crippen LogP contribution in [0.5, 0.6) is 0 Å². The van der Waals surface area contributed by atoms with Crippen LogP contribution in [0.2, 0.25) is 0 Å². The van der Waals surface area contributed by atoms with E-state index in [0.717, 1.165) is 18.0 Å². The fourth-order valence-corrected chi connectivity index (χ4v) is 2.22. The van der Waals surface area contributed by atoms with Crippen molar-refractivity contribution < 1.29 is 0 Å². The Morgan fingerprint density at radius 1 is 1.10 bits per heavy atom. The number of pyridine rings is 1. The maximum absolute atomic E-state index is 4.27. The van der Waals surface area contributed by atoms with Crippen LogP contribution >= 0.6 is 0 Å². The molecule has 4 heteroatoms. The number of hydrogen-bond acceptors (Lipinski definition) is 3. The molecule has 3 rings (SSSR count). The third kappa shape index (κ3) is 2.56. The van der Waals surface area contributed by atoms with Gasteiger partial charge in [0.25, 0.3) is 0 Å². The van der Waals surface area contributed by atoms with E-state index in [1.165, 1.54) is 11.1 Å². The highest BCUT2D eigenvalue weighted by atomic mass is 15.3. The first kappa shape index (κ1) is 12.8. The molecule has 2 aromatic heterocycles. The minimum absolute atomic E-state index is 0.147. The first-order valence-corrected chi connectivity index (χ1v) is 6.82. The van der Waals surface area contributed by atoms with E-state index in [4.69, 9.17) is 0 Å². The zero-order valence-corrected chi connectivity index (χ0v) is 11.7. The molecule has 4 nitrogen and oxygen atoms in total. The van der Waals surface area contributed by atoms with Crippen LogP contribution in [0.15, 0.2) is 48.7 Å². The molecule has 1 N–H and O–H groups in total. The van der Waals surface area contributed by atoms with Gasteiger partial charge in [-0.05, 0) is 31.5 Å². The summed E-state index contributed by atoms with van der Waals surface area (Å²) < 4.78 is 2.02. The van der Waals surface area contributed by atoms with Crippen LogP contribution in [-0.4, -0.2) is 14.6 Å². The topological polar surface area (TPSA) is 42.2 Å². The molecule has 0 saturated heterocycles. The fraction of sp³-hybridized carbons (Fsp3) is 0.250. The van der Waals surface area contributed by atoms with E-state index in [1.807, 2.05) is 28.8 Å². The average molecular weight is 266 g/mol. The molecule has 20 heavy (non-hydrogen) atoms. The van der Waals surface area contributed by atoms with Gasteiger partial charge in [0.1, 0.15) is 0 Å². The predicted molar refractivity (Wildman–Crippen MR) is 79.4 cm³/mol. The molecule has 0 fully saturated rings. The van der Waals surface area contributed by atoms with Crippen LogP contribution < -0.4 is 5.32 Å². The number of aryl methyl sites for hydroxylation is 1. The van der Waals surface area contributed by atoms with Crippen molar-refractivity contribution in [2.24, 2.45) is 0 Å². The number of fused-ring (bicyclic) bond motifs is 1. The van der Waals surface area contributed by atoms with Crippen LogP contribution in [-0.2, 0) is 6.54 Å². The molecule has 102 valence electrons. The van der Waals surface area contributed by atoms with E-state index in [9.17, 15) is 0 Å². The van der Waals surface area contributed by atoms with Crippen LogP contribution in [0.4, 0.5) is 0 Å². The van der Waals surface area contributed by atoms with Gasteiger partial charge in [0.05, 0.1) is 6.04 Å². The molecule has 1 aromatic carbocycles. The summed E-state index contributed by atoms with van der Waals surface area (Å²) in [5, 5.41) is 11.9. The Morgan fingerprint density at radius 2 is 1.90 bits per heavy atom. The second-order valence-corrected chi connectivity index (χ2v) is 5.08. The Kier molecular flexibility index (Phi) is 3.48. The predicted octanol–water partition coefficient (Wildman–Crippen LogP) is 2.89. The standard InChI is InChI=1S/C16H18N4/c1-12-6-8-14(9-7-12)11-17-13(2)16-19-18-15-5-3-4-10-20(15)16/h3-10,13,17H,11H2,1-2H3. The van der Waals surface area contributed by atoms with Crippen LogP contribution in [0.1, 0.15) is 29.9 Å². The highest BCUT2D eigenvalue weighted by Crippen LogP contribution is 2.12. The van der Waals surface area contributed by atoms with Crippen LogP contribution in [0.25, 0.3) is 5.65 Å². The number of aromatic nitrogens is 3. The lowest BCUT2D eigenvalue weighted by Gasteiger charge is -2.12. The number of nitrogens with zero attached hydrogens (tertiary/aromatic N) is 3. The molecular formula is C16H18N4. The van der Waals surface area contributed by atoms with Crippen molar-refractivity contribution in [3.8, 4) is 0 Å². The number of nitrogens with one attached hydrogen (secondary N) is 1. The molecule has 1 atom stereocenters. The molecule has 0 amide bonds. The second-order valence-electron chi connectivity index (χ2n) is 5.08. The van der Waals surface area contributed by atoms with E-state index in [0.29, 0.717) is 0 Å². The second kappa shape index (κ2) is 5.43. The maximum atomic E-state index is 4.27. The van der Waals surface area contributed by atoms with Gasteiger partial charge < -0.3 is 5.32 Å². The van der Waals surface area contributed by atoms with E-state index < -0.39 is 0 Å². The number of rotatable bonds is 4. The number of benzene rings is 1. The summed E-state index contributed by atoms with van der Waals surface area (Å²) in [7, 11) is 0. The van der Waals surface area contributed by atoms with Gasteiger partial charge in [0, 0.05) is 12.7 Å². The van der Waals surface area contributed by atoms with E-state index in [2.05, 4.69) is 53.6 Å². The number of hydrogen-bond donors (Lipinski definition) is 1. The Bertz CT molecular complexity index is 700. The average Bonchev–Trinajstić information content (AvgIpc) is 2.90. The lowest BCUT2D eigenvalue weighted by atomic mass is 10.1. The Hall–Kier alpha value is -2.20. The molecule has 0 saturated carbocycles. The van der Waals surface area contributed by atoms with Gasteiger partial charge >= 0.3 is 0 Å². The van der Waals surface area contributed by atoms with Gasteiger partial charge in [-0.15, -0.1) is 10.2 Å². The summed E-state index contributed by atoms with van der Waals surface area (Å²) >= 11 is 0. The van der Waals surface area contributed by atoms with Crippen LogP contribution in [0.3, 0.4) is 0 Å². The van der Waals surface area contributed by atoms with Crippen molar-refractivity contribution in [3.05, 3.63) is 65.6 Å². The summed E-state index contributed by atoms with van der Waals surface area (Å²) in [6.45, 7) is 5.03. The summed E-state index contributed by atoms with van der Waals surface area (Å²) in [4.78, 5) is 0. The molecule has 0 aliphatic carbocycles. The van der Waals surface area contributed by atoms with E-state index in [1.54, 1.807) is 0 Å². The molecule has 1 unspecified atom stereocenters. The summed E-state index contributed by atoms with van der Waals surface area (Å²) in [5.41, 5.74) is 3.44. The summed E-state index contributed by atoms with van der Waals surface area (Å²) in [6, 6.07) is 14.6. The molecular weight excluding hydrogens is 248 g/mol. The molecule has 3 aromatic rings. The highest BCUT2D eigenvalue weighted by molar-refractivity contribution is 5.37. The van der Waals surface area contributed by atoms with Gasteiger partial charge in [-0.25, -0.2) is 0 Å². The quantitative estimate of drug-likeness (QED) is 0.789. The minimum atomic E-state index is 0.147. The monoisotopic (exact) mass is 266 g/mol. The van der Waals surface area contributed by atoms with Gasteiger partial charge in [0.2, 0.25) is 0 Å². The summed E-state index contributed by atoms with van der Waals surface area (Å²) in [6.07, 6.45) is 1.99. The Balaban J connectivity index is 1.73. The van der Waals surface area contributed by atoms with Gasteiger partial charge in [0.15, 0.2) is 11.5 Å². The molecule has 2 heterocycles. The van der Waals surface area contributed by atoms with Crippen molar-refractivity contribution in [3.63, 3.8) is 0 Å². The largest absolute Gasteiger partial charge is 0.303 e. The lowest BCUT2D eigenvalue weighted by molar-refractivity contribution is 0.541. The fourth-order valence-electron chi connectivity index (χ4n) is 2.22. The normalized spacial score (nSPS) is 12.7. The Labute approximate surface area is 118 Å². The summed E-state index contributed by atoms with van der Waals surface area (Å²) in [5.74, 6) is 0.938. The third-order valence-corrected chi connectivity index (χ3v) is 3.46. The zero-order valence-electron chi connectivity index (χ0n) is 11.7. The third-order valence-electron chi connectivity index (χ3n) is 3.46. The minimum Gasteiger partial charge on any atom is -0.303 e. The van der Waals surface area contributed by atoms with Gasteiger partial charge in [-0.1, -0.05) is 35.9 Å². The van der Waals surface area contributed by atoms with Crippen LogP contribution in [0, 0.1) is 6.92 Å². The smallest absolute Gasteiger partial charge is 0.160 e. The van der Waals surface area contributed by atoms with E-state index in [-0.39, 0.29) is 6.04 Å². The van der Waals surface area contributed by atoms with E-state index >= 15 is 0 Å². The van der Waals surface area contributed by atoms with Crippen molar-refractivity contribution >= 4 is 5.65 Å². The highest BCUT2D eigenvalue weighted by Gasteiger charge is 2.12. The molecule has 0 spiro atoms. The molecule has 0 aliphatic heterocycles. The lowest BCUT2D eigenvalue weighted by Crippen LogP contribution is -2.20. The zero-order chi connectivity index (χ0) is 13.9. The molecule has 0 radical (unpaired) electrons. The van der Waals surface area contributed by atoms with Gasteiger partial charge in [-0.2, -0.15) is 0 Å². The van der Waals surface area contributed by atoms with Crippen molar-refractivity contribution in [1.82, 2.24) is 19.9 Å². The molecule has 0 aliphatic rings. The first-order chi connectivity index (χ1) is 9.74. The first-order valence-electron chi connectivity index (χ1n) is 6.82. The van der Waals surface area contributed by atoms with Crippen molar-refractivity contribution in [2.75, 3.05) is 0 Å². The van der Waals surface area contributed by atoms with Gasteiger partial charge in [-0.3, -0.25) is 4.40 Å². The van der Waals surface area contributed by atoms with Crippen molar-refractivity contribution in [1.29, 1.82) is 0 Å². The molecule has 0 bridgehead atoms. The van der Waals surface area contributed by atoms with Crippen molar-refractivity contribution in [2.45, 2.75) is 26.4 Å².